The van der Waals surface area contributed by atoms with Crippen molar-refractivity contribution in [2.45, 2.75) is 18.1 Å². The standard InChI is InChI=1S/C12H14ClNO2S/c1-16-10-5-4-8(7-9(10)13)14-12(15)11-3-2-6-17-11/h4-5,7,11H,2-3,6H2,1H3,(H,14,15). The molecule has 0 radical (unpaired) electrons. The molecule has 1 aliphatic rings. The van der Waals surface area contributed by atoms with Crippen molar-refractivity contribution in [2.24, 2.45) is 0 Å². The van der Waals surface area contributed by atoms with Gasteiger partial charge in [0.2, 0.25) is 5.91 Å². The molecule has 1 saturated heterocycles. The van der Waals surface area contributed by atoms with Crippen LogP contribution in [0.2, 0.25) is 5.02 Å². The number of hydrogen-bond donors (Lipinski definition) is 1. The minimum atomic E-state index is 0.0636. The summed E-state index contributed by atoms with van der Waals surface area (Å²) in [4.78, 5) is 11.9. The molecule has 5 heteroatoms. The van der Waals surface area contributed by atoms with Gasteiger partial charge in [-0.25, -0.2) is 0 Å². The summed E-state index contributed by atoms with van der Waals surface area (Å²) in [5.74, 6) is 1.75. The van der Waals surface area contributed by atoms with E-state index in [1.54, 1.807) is 37.1 Å². The van der Waals surface area contributed by atoms with Gasteiger partial charge in [-0.05, 0) is 36.8 Å². The largest absolute Gasteiger partial charge is 0.495 e. The number of hydrogen-bond acceptors (Lipinski definition) is 3. The number of rotatable bonds is 3. The summed E-state index contributed by atoms with van der Waals surface area (Å²) < 4.78 is 5.06. The molecule has 2 rings (SSSR count). The van der Waals surface area contributed by atoms with Crippen molar-refractivity contribution in [2.75, 3.05) is 18.2 Å². The lowest BCUT2D eigenvalue weighted by molar-refractivity contribution is -0.115. The fourth-order valence-electron chi connectivity index (χ4n) is 1.75. The number of carbonyl (C=O) groups is 1. The van der Waals surface area contributed by atoms with E-state index in [0.717, 1.165) is 18.6 Å². The molecule has 1 aromatic rings. The Morgan fingerprint density at radius 3 is 3.00 bits per heavy atom. The molecule has 1 aliphatic heterocycles. The van der Waals surface area contributed by atoms with Gasteiger partial charge in [0.25, 0.3) is 0 Å². The van der Waals surface area contributed by atoms with Crippen LogP contribution in [0, 0.1) is 0 Å². The quantitative estimate of drug-likeness (QED) is 0.918. The van der Waals surface area contributed by atoms with Crippen LogP contribution in [0.25, 0.3) is 0 Å². The van der Waals surface area contributed by atoms with E-state index in [2.05, 4.69) is 5.32 Å². The Morgan fingerprint density at radius 1 is 1.59 bits per heavy atom. The van der Waals surface area contributed by atoms with Crippen LogP contribution in [0.4, 0.5) is 5.69 Å². The van der Waals surface area contributed by atoms with Gasteiger partial charge in [0.05, 0.1) is 17.4 Å². The van der Waals surface area contributed by atoms with Gasteiger partial charge in [-0.15, -0.1) is 11.8 Å². The Kier molecular flexibility index (Phi) is 4.18. The Bertz CT molecular complexity index is 419. The number of carbonyl (C=O) groups excluding carboxylic acids is 1. The highest BCUT2D eigenvalue weighted by molar-refractivity contribution is 8.00. The van der Waals surface area contributed by atoms with Crippen LogP contribution in [-0.2, 0) is 4.79 Å². The minimum Gasteiger partial charge on any atom is -0.495 e. The number of amides is 1. The number of anilines is 1. The van der Waals surface area contributed by atoms with Gasteiger partial charge in [-0.2, -0.15) is 0 Å². The summed E-state index contributed by atoms with van der Waals surface area (Å²) in [7, 11) is 1.56. The molecule has 1 amide bonds. The first-order chi connectivity index (χ1) is 8.20. The molecule has 17 heavy (non-hydrogen) atoms. The van der Waals surface area contributed by atoms with Crippen LogP contribution in [0.1, 0.15) is 12.8 Å². The molecule has 1 unspecified atom stereocenters. The van der Waals surface area contributed by atoms with Crippen LogP contribution < -0.4 is 10.1 Å². The molecule has 0 aromatic heterocycles. The highest BCUT2D eigenvalue weighted by Gasteiger charge is 2.23. The van der Waals surface area contributed by atoms with Crippen LogP contribution in [0.15, 0.2) is 18.2 Å². The minimum absolute atomic E-state index is 0.0636. The zero-order valence-corrected chi connectivity index (χ0v) is 11.1. The molecule has 1 aromatic carbocycles. The van der Waals surface area contributed by atoms with Crippen molar-refractivity contribution in [3.8, 4) is 5.75 Å². The maximum absolute atomic E-state index is 11.9. The number of methoxy groups -OCH3 is 1. The zero-order valence-electron chi connectivity index (χ0n) is 9.53. The number of thioether (sulfide) groups is 1. The van der Waals surface area contributed by atoms with E-state index < -0.39 is 0 Å². The second-order valence-electron chi connectivity index (χ2n) is 3.84. The molecule has 1 heterocycles. The SMILES string of the molecule is COc1ccc(NC(=O)C2CCCS2)cc1Cl. The summed E-state index contributed by atoms with van der Waals surface area (Å²) in [5, 5.41) is 3.46. The zero-order chi connectivity index (χ0) is 12.3. The number of benzene rings is 1. The Morgan fingerprint density at radius 2 is 2.41 bits per heavy atom. The van der Waals surface area contributed by atoms with E-state index in [1.165, 1.54) is 0 Å². The second kappa shape index (κ2) is 5.65. The number of halogens is 1. The molecule has 0 saturated carbocycles. The maximum atomic E-state index is 11.9. The average Bonchev–Trinajstić information content (AvgIpc) is 2.82. The van der Waals surface area contributed by atoms with Crippen LogP contribution >= 0.6 is 23.4 Å². The lowest BCUT2D eigenvalue weighted by Gasteiger charge is -2.11. The predicted molar refractivity (Wildman–Crippen MR) is 72.1 cm³/mol. The normalized spacial score (nSPS) is 19.1. The van der Waals surface area contributed by atoms with Gasteiger partial charge >= 0.3 is 0 Å². The smallest absolute Gasteiger partial charge is 0.237 e. The predicted octanol–water partition coefficient (Wildman–Crippen LogP) is 3.18. The summed E-state index contributed by atoms with van der Waals surface area (Å²) >= 11 is 7.70. The van der Waals surface area contributed by atoms with Gasteiger partial charge in [0.1, 0.15) is 5.75 Å². The summed E-state index contributed by atoms with van der Waals surface area (Å²) in [6.45, 7) is 0. The van der Waals surface area contributed by atoms with Crippen LogP contribution in [-0.4, -0.2) is 24.0 Å². The van der Waals surface area contributed by atoms with Gasteiger partial charge < -0.3 is 10.1 Å². The van der Waals surface area contributed by atoms with Crippen LogP contribution in [0.3, 0.4) is 0 Å². The third kappa shape index (κ3) is 3.07. The summed E-state index contributed by atoms with van der Waals surface area (Å²) in [6, 6.07) is 5.25. The molecule has 0 aliphatic carbocycles. The van der Waals surface area contributed by atoms with Crippen molar-refractivity contribution in [3.05, 3.63) is 23.2 Å². The van der Waals surface area contributed by atoms with Gasteiger partial charge in [-0.1, -0.05) is 11.6 Å². The number of nitrogens with one attached hydrogen (secondary N) is 1. The van der Waals surface area contributed by atoms with Crippen molar-refractivity contribution in [3.63, 3.8) is 0 Å². The average molecular weight is 272 g/mol. The molecule has 1 atom stereocenters. The fraction of sp³-hybridized carbons (Fsp3) is 0.417. The molecule has 92 valence electrons. The summed E-state index contributed by atoms with van der Waals surface area (Å²) in [5.41, 5.74) is 0.716. The third-order valence-corrected chi connectivity index (χ3v) is 4.31. The number of ether oxygens (including phenoxy) is 1. The second-order valence-corrected chi connectivity index (χ2v) is 5.56. The molecule has 3 nitrogen and oxygen atoms in total. The highest BCUT2D eigenvalue weighted by Crippen LogP contribution is 2.30. The molecular weight excluding hydrogens is 258 g/mol. The Labute approximate surface area is 110 Å². The van der Waals surface area contributed by atoms with E-state index in [9.17, 15) is 4.79 Å². The van der Waals surface area contributed by atoms with E-state index in [1.807, 2.05) is 0 Å². The van der Waals surface area contributed by atoms with E-state index in [0.29, 0.717) is 16.5 Å². The molecule has 0 bridgehead atoms. The fourth-order valence-corrected chi connectivity index (χ4v) is 3.17. The Hall–Kier alpha value is -0.870. The topological polar surface area (TPSA) is 38.3 Å². The van der Waals surface area contributed by atoms with Crippen molar-refractivity contribution in [1.82, 2.24) is 0 Å². The van der Waals surface area contributed by atoms with E-state index in [-0.39, 0.29) is 11.2 Å². The summed E-state index contributed by atoms with van der Waals surface area (Å²) in [6.07, 6.45) is 2.08. The van der Waals surface area contributed by atoms with Crippen molar-refractivity contribution >= 4 is 35.0 Å². The molecule has 0 spiro atoms. The van der Waals surface area contributed by atoms with Gasteiger partial charge in [-0.3, -0.25) is 4.79 Å². The maximum Gasteiger partial charge on any atom is 0.237 e. The Balaban J connectivity index is 2.03. The first-order valence-electron chi connectivity index (χ1n) is 5.46. The van der Waals surface area contributed by atoms with E-state index in [4.69, 9.17) is 16.3 Å². The van der Waals surface area contributed by atoms with Crippen LogP contribution in [0.5, 0.6) is 5.75 Å². The third-order valence-electron chi connectivity index (χ3n) is 2.64. The molecule has 1 N–H and O–H groups in total. The first kappa shape index (κ1) is 12.6. The molecular formula is C12H14ClNO2S. The van der Waals surface area contributed by atoms with E-state index >= 15 is 0 Å². The van der Waals surface area contributed by atoms with Gasteiger partial charge in [0, 0.05) is 5.69 Å². The lowest BCUT2D eigenvalue weighted by Crippen LogP contribution is -2.22. The van der Waals surface area contributed by atoms with Crippen molar-refractivity contribution in [1.29, 1.82) is 0 Å². The van der Waals surface area contributed by atoms with Crippen molar-refractivity contribution < 1.29 is 9.53 Å². The monoisotopic (exact) mass is 271 g/mol. The highest BCUT2D eigenvalue weighted by atomic mass is 35.5. The van der Waals surface area contributed by atoms with Gasteiger partial charge in [0.15, 0.2) is 0 Å². The lowest BCUT2D eigenvalue weighted by atomic mass is 10.2. The first-order valence-corrected chi connectivity index (χ1v) is 6.89. The molecule has 1 fully saturated rings.